The number of hydrogen-bond donors (Lipinski definition) is 3. The van der Waals surface area contributed by atoms with E-state index in [9.17, 15) is 4.79 Å². The Bertz CT molecular complexity index is 1060. The maximum absolute atomic E-state index is 12.4. The molecular weight excluding hydrogens is 410 g/mol. The summed E-state index contributed by atoms with van der Waals surface area (Å²) >= 11 is 0. The van der Waals surface area contributed by atoms with Crippen molar-refractivity contribution in [3.05, 3.63) is 71.9 Å². The van der Waals surface area contributed by atoms with E-state index in [0.29, 0.717) is 13.0 Å². The predicted molar refractivity (Wildman–Crippen MR) is 135 cm³/mol. The molecule has 33 heavy (non-hydrogen) atoms. The van der Waals surface area contributed by atoms with Crippen LogP contribution in [0.1, 0.15) is 30.9 Å². The number of aromatic nitrogens is 1. The van der Waals surface area contributed by atoms with Gasteiger partial charge in [-0.25, -0.2) is 0 Å². The van der Waals surface area contributed by atoms with E-state index < -0.39 is 0 Å². The fourth-order valence-corrected chi connectivity index (χ4v) is 4.49. The van der Waals surface area contributed by atoms with Gasteiger partial charge in [0.05, 0.1) is 0 Å². The van der Waals surface area contributed by atoms with E-state index in [1.54, 1.807) is 0 Å². The first-order chi connectivity index (χ1) is 16.2. The van der Waals surface area contributed by atoms with Gasteiger partial charge in [0, 0.05) is 62.2 Å². The van der Waals surface area contributed by atoms with Crippen molar-refractivity contribution in [1.29, 1.82) is 0 Å². The predicted octanol–water partition coefficient (Wildman–Crippen LogP) is 3.75. The van der Waals surface area contributed by atoms with E-state index in [0.717, 1.165) is 51.4 Å². The topological polar surface area (TPSA) is 72.5 Å². The normalized spacial score (nSPS) is 16.5. The second kappa shape index (κ2) is 11.5. The number of guanidine groups is 1. The maximum Gasteiger partial charge on any atom is 0.223 e. The largest absolute Gasteiger partial charge is 0.361 e. The molecule has 174 valence electrons. The van der Waals surface area contributed by atoms with Gasteiger partial charge >= 0.3 is 0 Å². The average Bonchev–Trinajstić information content (AvgIpc) is 3.42. The van der Waals surface area contributed by atoms with Crippen molar-refractivity contribution in [2.24, 2.45) is 10.9 Å². The van der Waals surface area contributed by atoms with Crippen molar-refractivity contribution in [2.45, 2.75) is 32.6 Å². The molecule has 0 saturated carbocycles. The highest BCUT2D eigenvalue weighted by Gasteiger charge is 2.29. The molecule has 1 saturated heterocycles. The summed E-state index contributed by atoms with van der Waals surface area (Å²) in [5, 5.41) is 8.09. The molecule has 6 nitrogen and oxygen atoms in total. The molecule has 0 aliphatic carbocycles. The number of carbonyl (C=O) groups excluding carboxylic acids is 1. The molecule has 1 aromatic heterocycles. The van der Waals surface area contributed by atoms with Crippen LogP contribution in [0.4, 0.5) is 0 Å². The quantitative estimate of drug-likeness (QED) is 0.253. The minimum absolute atomic E-state index is 0.253. The van der Waals surface area contributed by atoms with Crippen LogP contribution in [0.5, 0.6) is 0 Å². The second-order valence-corrected chi connectivity index (χ2v) is 8.75. The highest BCUT2D eigenvalue weighted by atomic mass is 16.2. The fraction of sp³-hybridized carbons (Fsp3) is 0.407. The number of aryl methyl sites for hydroxylation is 1. The Balaban J connectivity index is 1.21. The maximum atomic E-state index is 12.4. The van der Waals surface area contributed by atoms with Crippen molar-refractivity contribution in [1.82, 2.24) is 20.5 Å². The molecule has 1 aliphatic heterocycles. The van der Waals surface area contributed by atoms with Crippen LogP contribution in [0.2, 0.25) is 0 Å². The van der Waals surface area contributed by atoms with Crippen LogP contribution < -0.4 is 10.6 Å². The Morgan fingerprint density at radius 2 is 1.91 bits per heavy atom. The monoisotopic (exact) mass is 445 g/mol. The van der Waals surface area contributed by atoms with Gasteiger partial charge in [-0.05, 0) is 43.4 Å². The molecule has 3 aromatic rings. The number of amides is 1. The second-order valence-electron chi connectivity index (χ2n) is 8.75. The van der Waals surface area contributed by atoms with Crippen molar-refractivity contribution < 1.29 is 4.79 Å². The standard InChI is InChI=1S/C27H35N5O/c1-2-28-27(29-15-8-11-23-19-30-25-13-7-6-12-24(23)25)31-18-22-17-26(33)32(20-22)16-14-21-9-4-3-5-10-21/h3-7,9-10,12-13,19,22,30H,2,8,11,14-18,20H2,1H3,(H2,28,29,31). The lowest BCUT2D eigenvalue weighted by Crippen LogP contribution is -2.38. The van der Waals surface area contributed by atoms with E-state index in [4.69, 9.17) is 4.99 Å². The number of nitrogens with zero attached hydrogens (tertiary/aromatic N) is 2. The Kier molecular flexibility index (Phi) is 8.01. The summed E-state index contributed by atoms with van der Waals surface area (Å²) in [6, 6.07) is 18.8. The summed E-state index contributed by atoms with van der Waals surface area (Å²) in [6.07, 6.45) is 5.66. The van der Waals surface area contributed by atoms with Gasteiger partial charge in [-0.15, -0.1) is 0 Å². The highest BCUT2D eigenvalue weighted by Crippen LogP contribution is 2.19. The molecule has 1 aliphatic rings. The average molecular weight is 446 g/mol. The van der Waals surface area contributed by atoms with E-state index in [-0.39, 0.29) is 11.8 Å². The summed E-state index contributed by atoms with van der Waals surface area (Å²) in [4.78, 5) is 22.6. The molecule has 1 amide bonds. The first-order valence-corrected chi connectivity index (χ1v) is 12.1. The van der Waals surface area contributed by atoms with Gasteiger partial charge in [0.25, 0.3) is 0 Å². The third-order valence-electron chi connectivity index (χ3n) is 6.25. The number of hydrogen-bond acceptors (Lipinski definition) is 2. The Morgan fingerprint density at radius 3 is 2.76 bits per heavy atom. The Morgan fingerprint density at radius 1 is 1.09 bits per heavy atom. The van der Waals surface area contributed by atoms with Crippen LogP contribution >= 0.6 is 0 Å². The van der Waals surface area contributed by atoms with Crippen molar-refractivity contribution in [2.75, 3.05) is 32.7 Å². The molecular formula is C27H35N5O. The van der Waals surface area contributed by atoms with Crippen molar-refractivity contribution >= 4 is 22.8 Å². The zero-order chi connectivity index (χ0) is 22.9. The molecule has 2 aromatic carbocycles. The van der Waals surface area contributed by atoms with E-state index in [1.165, 1.54) is 22.0 Å². The molecule has 6 heteroatoms. The number of fused-ring (bicyclic) bond motifs is 1. The molecule has 1 fully saturated rings. The molecule has 0 spiro atoms. The fourth-order valence-electron chi connectivity index (χ4n) is 4.49. The first kappa shape index (κ1) is 22.9. The van der Waals surface area contributed by atoms with Crippen LogP contribution in [-0.4, -0.2) is 54.5 Å². The molecule has 3 N–H and O–H groups in total. The van der Waals surface area contributed by atoms with Crippen LogP contribution in [0.3, 0.4) is 0 Å². The number of H-pyrrole nitrogens is 1. The Hall–Kier alpha value is -3.28. The summed E-state index contributed by atoms with van der Waals surface area (Å²) in [5.41, 5.74) is 3.83. The smallest absolute Gasteiger partial charge is 0.223 e. The third-order valence-corrected chi connectivity index (χ3v) is 6.25. The van der Waals surface area contributed by atoms with Crippen molar-refractivity contribution in [3.63, 3.8) is 0 Å². The number of para-hydroxylation sites is 1. The minimum atomic E-state index is 0.253. The third kappa shape index (κ3) is 6.37. The van der Waals surface area contributed by atoms with Crippen LogP contribution in [0.25, 0.3) is 10.9 Å². The molecule has 2 heterocycles. The highest BCUT2D eigenvalue weighted by molar-refractivity contribution is 5.83. The van der Waals surface area contributed by atoms with Gasteiger partial charge in [-0.1, -0.05) is 48.5 Å². The zero-order valence-corrected chi connectivity index (χ0v) is 19.5. The summed E-state index contributed by atoms with van der Waals surface area (Å²) < 4.78 is 0. The van der Waals surface area contributed by atoms with Crippen LogP contribution in [0, 0.1) is 5.92 Å². The first-order valence-electron chi connectivity index (χ1n) is 12.1. The molecule has 4 rings (SSSR count). The van der Waals surface area contributed by atoms with E-state index in [2.05, 4.69) is 77.3 Å². The van der Waals surface area contributed by atoms with E-state index in [1.807, 2.05) is 11.0 Å². The number of carbonyl (C=O) groups is 1. The molecule has 0 bridgehead atoms. The Labute approximate surface area is 196 Å². The lowest BCUT2D eigenvalue weighted by atomic mass is 10.1. The molecule has 0 radical (unpaired) electrons. The number of benzene rings is 2. The number of aromatic amines is 1. The number of nitrogens with one attached hydrogen (secondary N) is 3. The van der Waals surface area contributed by atoms with Gasteiger partial charge in [0.1, 0.15) is 0 Å². The van der Waals surface area contributed by atoms with Gasteiger partial charge in [0.15, 0.2) is 5.96 Å². The van der Waals surface area contributed by atoms with Crippen LogP contribution in [-0.2, 0) is 17.6 Å². The number of aliphatic imine (C=N–C) groups is 1. The lowest BCUT2D eigenvalue weighted by molar-refractivity contribution is -0.127. The van der Waals surface area contributed by atoms with Gasteiger partial charge in [-0.2, -0.15) is 0 Å². The van der Waals surface area contributed by atoms with Gasteiger partial charge in [-0.3, -0.25) is 9.79 Å². The van der Waals surface area contributed by atoms with Crippen molar-refractivity contribution in [3.8, 4) is 0 Å². The lowest BCUT2D eigenvalue weighted by Gasteiger charge is -2.16. The SMILES string of the molecule is CCNC(=NCC1CC(=O)N(CCc2ccccc2)C1)NCCCc1c[nH]c2ccccc12. The number of rotatable bonds is 10. The molecule has 1 atom stereocenters. The summed E-state index contributed by atoms with van der Waals surface area (Å²) in [7, 11) is 0. The van der Waals surface area contributed by atoms with Gasteiger partial charge in [0.2, 0.25) is 5.91 Å². The summed E-state index contributed by atoms with van der Waals surface area (Å²) in [5.74, 6) is 1.38. The minimum Gasteiger partial charge on any atom is -0.361 e. The molecule has 1 unspecified atom stereocenters. The van der Waals surface area contributed by atoms with Gasteiger partial charge < -0.3 is 20.5 Å². The number of likely N-dealkylation sites (tertiary alicyclic amines) is 1. The zero-order valence-electron chi connectivity index (χ0n) is 19.5. The summed E-state index contributed by atoms with van der Waals surface area (Å²) in [6.45, 7) is 6.02. The van der Waals surface area contributed by atoms with Crippen LogP contribution in [0.15, 0.2) is 65.8 Å². The van der Waals surface area contributed by atoms with E-state index >= 15 is 0 Å².